The van der Waals surface area contributed by atoms with Gasteiger partial charge in [0, 0.05) is 0 Å². The van der Waals surface area contributed by atoms with Gasteiger partial charge in [-0.1, -0.05) is 12.1 Å². The molecule has 1 unspecified atom stereocenters. The Balaban J connectivity index is 2.73. The molecule has 0 saturated heterocycles. The van der Waals surface area contributed by atoms with Crippen LogP contribution in [0.4, 0.5) is 8.78 Å². The molecule has 0 heterocycles. The summed E-state index contributed by atoms with van der Waals surface area (Å²) in [6.45, 7) is 5.44. The van der Waals surface area contributed by atoms with E-state index in [2.05, 4.69) is 5.32 Å². The normalized spacial score (nSPS) is 12.6. The number of alkyl halides is 2. The third-order valence-corrected chi connectivity index (χ3v) is 2.29. The van der Waals surface area contributed by atoms with Crippen LogP contribution in [0.2, 0.25) is 0 Å². The number of hydrogen-bond donors (Lipinski definition) is 1. The van der Waals surface area contributed by atoms with Crippen LogP contribution in [0.3, 0.4) is 0 Å². The van der Waals surface area contributed by atoms with Crippen molar-refractivity contribution >= 4 is 5.91 Å². The molecule has 1 aromatic rings. The molecule has 3 nitrogen and oxygen atoms in total. The second-order valence-electron chi connectivity index (χ2n) is 4.27. The SMILES string of the molecule is CC(C)Oc1cccc(C(C)NC(=O)C(F)F)c1. The number of halogens is 2. The summed E-state index contributed by atoms with van der Waals surface area (Å²) in [5.74, 6) is -0.613. The van der Waals surface area contributed by atoms with Crippen LogP contribution in [0.25, 0.3) is 0 Å². The van der Waals surface area contributed by atoms with E-state index in [4.69, 9.17) is 4.74 Å². The molecule has 0 saturated carbocycles. The molecule has 0 radical (unpaired) electrons. The van der Waals surface area contributed by atoms with Gasteiger partial charge in [-0.05, 0) is 38.5 Å². The van der Waals surface area contributed by atoms with Crippen molar-refractivity contribution in [1.29, 1.82) is 0 Å². The zero-order valence-electron chi connectivity index (χ0n) is 10.6. The summed E-state index contributed by atoms with van der Waals surface area (Å²) in [7, 11) is 0. The van der Waals surface area contributed by atoms with Gasteiger partial charge in [-0.2, -0.15) is 8.78 Å². The van der Waals surface area contributed by atoms with E-state index in [0.29, 0.717) is 5.75 Å². The molecule has 100 valence electrons. The van der Waals surface area contributed by atoms with E-state index >= 15 is 0 Å². The predicted molar refractivity (Wildman–Crippen MR) is 64.8 cm³/mol. The van der Waals surface area contributed by atoms with Gasteiger partial charge in [0.1, 0.15) is 5.75 Å². The van der Waals surface area contributed by atoms with Gasteiger partial charge in [0.05, 0.1) is 12.1 Å². The molecule has 1 aromatic carbocycles. The molecule has 0 spiro atoms. The largest absolute Gasteiger partial charge is 0.491 e. The number of nitrogens with one attached hydrogen (secondary N) is 1. The van der Waals surface area contributed by atoms with Gasteiger partial charge >= 0.3 is 6.43 Å². The topological polar surface area (TPSA) is 38.3 Å². The van der Waals surface area contributed by atoms with Crippen molar-refractivity contribution in [3.63, 3.8) is 0 Å². The zero-order chi connectivity index (χ0) is 13.7. The number of ether oxygens (including phenoxy) is 1. The van der Waals surface area contributed by atoms with Crippen molar-refractivity contribution in [2.24, 2.45) is 0 Å². The third kappa shape index (κ3) is 4.31. The Kier molecular flexibility index (Phi) is 5.07. The zero-order valence-corrected chi connectivity index (χ0v) is 10.6. The van der Waals surface area contributed by atoms with Gasteiger partial charge in [0.2, 0.25) is 0 Å². The van der Waals surface area contributed by atoms with E-state index in [-0.39, 0.29) is 6.10 Å². The van der Waals surface area contributed by atoms with E-state index in [1.807, 2.05) is 13.8 Å². The van der Waals surface area contributed by atoms with Crippen LogP contribution in [0, 0.1) is 0 Å². The Morgan fingerprint density at radius 1 is 1.28 bits per heavy atom. The van der Waals surface area contributed by atoms with Gasteiger partial charge in [-0.15, -0.1) is 0 Å². The second kappa shape index (κ2) is 6.33. The summed E-state index contributed by atoms with van der Waals surface area (Å²) in [5, 5.41) is 2.23. The first-order chi connectivity index (χ1) is 8.40. The summed E-state index contributed by atoms with van der Waals surface area (Å²) < 4.78 is 29.7. The van der Waals surface area contributed by atoms with E-state index in [9.17, 15) is 13.6 Å². The van der Waals surface area contributed by atoms with Crippen molar-refractivity contribution < 1.29 is 18.3 Å². The quantitative estimate of drug-likeness (QED) is 0.880. The monoisotopic (exact) mass is 257 g/mol. The molecule has 0 aromatic heterocycles. The van der Waals surface area contributed by atoms with E-state index in [1.165, 1.54) is 0 Å². The highest BCUT2D eigenvalue weighted by Gasteiger charge is 2.18. The molecule has 0 fully saturated rings. The first-order valence-corrected chi connectivity index (χ1v) is 5.75. The number of carbonyl (C=O) groups is 1. The highest BCUT2D eigenvalue weighted by atomic mass is 19.3. The molecule has 1 atom stereocenters. The highest BCUT2D eigenvalue weighted by molar-refractivity contribution is 5.79. The van der Waals surface area contributed by atoms with Gasteiger partial charge in [0.15, 0.2) is 0 Å². The Morgan fingerprint density at radius 2 is 1.94 bits per heavy atom. The predicted octanol–water partition coefficient (Wildman–Crippen LogP) is 2.92. The molecule has 0 aliphatic rings. The van der Waals surface area contributed by atoms with Crippen LogP contribution in [-0.2, 0) is 4.79 Å². The summed E-state index contributed by atoms with van der Waals surface area (Å²) in [6.07, 6.45) is -2.96. The number of amides is 1. The van der Waals surface area contributed by atoms with Crippen molar-refractivity contribution in [3.8, 4) is 5.75 Å². The Bertz CT molecular complexity index is 408. The standard InChI is InChI=1S/C13H17F2NO2/c1-8(2)18-11-6-4-5-10(7-11)9(3)16-13(17)12(14)15/h4-9,12H,1-3H3,(H,16,17). The lowest BCUT2D eigenvalue weighted by molar-refractivity contribution is -0.132. The van der Waals surface area contributed by atoms with Crippen molar-refractivity contribution in [2.45, 2.75) is 39.3 Å². The summed E-state index contributed by atoms with van der Waals surface area (Å²) in [4.78, 5) is 10.9. The molecular formula is C13H17F2NO2. The molecule has 0 aliphatic carbocycles. The number of hydrogen-bond acceptors (Lipinski definition) is 2. The van der Waals surface area contributed by atoms with Crippen LogP contribution in [0.1, 0.15) is 32.4 Å². The van der Waals surface area contributed by atoms with E-state index < -0.39 is 18.4 Å². The Morgan fingerprint density at radius 3 is 2.50 bits per heavy atom. The molecule has 0 bridgehead atoms. The van der Waals surface area contributed by atoms with E-state index in [0.717, 1.165) is 5.56 Å². The van der Waals surface area contributed by atoms with Gasteiger partial charge < -0.3 is 10.1 Å². The minimum Gasteiger partial charge on any atom is -0.491 e. The summed E-state index contributed by atoms with van der Waals surface area (Å²) >= 11 is 0. The fourth-order valence-electron chi connectivity index (χ4n) is 1.49. The fraction of sp³-hybridized carbons (Fsp3) is 0.462. The Hall–Kier alpha value is -1.65. The summed E-state index contributed by atoms with van der Waals surface area (Å²) in [5.41, 5.74) is 0.724. The van der Waals surface area contributed by atoms with Crippen molar-refractivity contribution in [2.75, 3.05) is 0 Å². The van der Waals surface area contributed by atoms with E-state index in [1.54, 1.807) is 31.2 Å². The molecule has 18 heavy (non-hydrogen) atoms. The summed E-state index contributed by atoms with van der Waals surface area (Å²) in [6, 6.07) is 6.55. The highest BCUT2D eigenvalue weighted by Crippen LogP contribution is 2.20. The third-order valence-electron chi connectivity index (χ3n) is 2.29. The minimum atomic E-state index is -3.00. The number of rotatable bonds is 5. The molecule has 0 aliphatic heterocycles. The smallest absolute Gasteiger partial charge is 0.315 e. The molecule has 1 N–H and O–H groups in total. The molecule has 5 heteroatoms. The lowest BCUT2D eigenvalue weighted by Crippen LogP contribution is -2.31. The van der Waals surface area contributed by atoms with Crippen molar-refractivity contribution in [3.05, 3.63) is 29.8 Å². The average molecular weight is 257 g/mol. The van der Waals surface area contributed by atoms with Crippen LogP contribution < -0.4 is 10.1 Å². The molecule has 1 rings (SSSR count). The minimum absolute atomic E-state index is 0.0335. The van der Waals surface area contributed by atoms with Crippen LogP contribution in [0.15, 0.2) is 24.3 Å². The van der Waals surface area contributed by atoms with Gasteiger partial charge in [-0.25, -0.2) is 0 Å². The first kappa shape index (κ1) is 14.4. The van der Waals surface area contributed by atoms with Gasteiger partial charge in [0.25, 0.3) is 5.91 Å². The van der Waals surface area contributed by atoms with Gasteiger partial charge in [-0.3, -0.25) is 4.79 Å². The fourth-order valence-corrected chi connectivity index (χ4v) is 1.49. The van der Waals surface area contributed by atoms with Crippen LogP contribution >= 0.6 is 0 Å². The number of carbonyl (C=O) groups excluding carboxylic acids is 1. The lowest BCUT2D eigenvalue weighted by atomic mass is 10.1. The van der Waals surface area contributed by atoms with Crippen molar-refractivity contribution in [1.82, 2.24) is 5.32 Å². The molecule has 1 amide bonds. The average Bonchev–Trinajstić information content (AvgIpc) is 2.28. The number of benzene rings is 1. The maximum Gasteiger partial charge on any atom is 0.315 e. The maximum absolute atomic E-state index is 12.1. The molecular weight excluding hydrogens is 240 g/mol. The van der Waals surface area contributed by atoms with Crippen LogP contribution in [-0.4, -0.2) is 18.4 Å². The Labute approximate surface area is 105 Å². The lowest BCUT2D eigenvalue weighted by Gasteiger charge is -2.16. The maximum atomic E-state index is 12.1. The first-order valence-electron chi connectivity index (χ1n) is 5.75. The van der Waals surface area contributed by atoms with Crippen LogP contribution in [0.5, 0.6) is 5.75 Å². The second-order valence-corrected chi connectivity index (χ2v) is 4.27.